The minimum Gasteiger partial charge on any atom is -0.356 e. The van der Waals surface area contributed by atoms with Gasteiger partial charge in [-0.05, 0) is 26.3 Å². The highest BCUT2D eigenvalue weighted by Gasteiger charge is 2.20. The van der Waals surface area contributed by atoms with Crippen molar-refractivity contribution >= 4 is 39.8 Å². The largest absolute Gasteiger partial charge is 0.356 e. The van der Waals surface area contributed by atoms with Crippen LogP contribution in [0.1, 0.15) is 23.9 Å². The Morgan fingerprint density at radius 3 is 2.67 bits per heavy atom. The Labute approximate surface area is 166 Å². The number of nitrogens with one attached hydrogen (secondary N) is 2. The van der Waals surface area contributed by atoms with Crippen LogP contribution in [0, 0.1) is 13.8 Å². The molecule has 0 fully saturated rings. The molecule has 2 aromatic heterocycles. The lowest BCUT2D eigenvalue weighted by atomic mass is 10.2. The van der Waals surface area contributed by atoms with Crippen molar-refractivity contribution in [3.63, 3.8) is 0 Å². The summed E-state index contributed by atoms with van der Waals surface area (Å²) in [4.78, 5) is 12.5. The van der Waals surface area contributed by atoms with E-state index >= 15 is 0 Å². The molecule has 3 aromatic rings. The summed E-state index contributed by atoms with van der Waals surface area (Å²) in [5, 5.41) is 19.3. The zero-order chi connectivity index (χ0) is 19.4. The van der Waals surface area contributed by atoms with Gasteiger partial charge >= 0.3 is 0 Å². The van der Waals surface area contributed by atoms with Crippen molar-refractivity contribution in [1.82, 2.24) is 20.0 Å². The van der Waals surface area contributed by atoms with E-state index in [0.29, 0.717) is 6.54 Å². The quantitative estimate of drug-likeness (QED) is 0.587. The monoisotopic (exact) mass is 402 g/mol. The van der Waals surface area contributed by atoms with Gasteiger partial charge in [0, 0.05) is 13.6 Å². The molecule has 1 atom stereocenters. The summed E-state index contributed by atoms with van der Waals surface area (Å²) in [5.74, 6) is -0.0757. The fraction of sp³-hybridized carbons (Fsp3) is 0.333. The van der Waals surface area contributed by atoms with Crippen LogP contribution in [0.15, 0.2) is 34.7 Å². The van der Waals surface area contributed by atoms with Crippen LogP contribution in [0.3, 0.4) is 0 Å². The van der Waals surface area contributed by atoms with E-state index in [1.54, 1.807) is 4.68 Å². The molecule has 0 aliphatic carbocycles. The zero-order valence-electron chi connectivity index (χ0n) is 15.7. The lowest BCUT2D eigenvalue weighted by Gasteiger charge is -2.10. The standard InChI is InChI=1S/C18H22N6OS2/c1-11-15(12(2)24(4)23-11)20-16(25)13(3)26-18-22-21-17(27-18)19-10-14-8-6-5-7-9-14/h5-9,13H,10H2,1-4H3,(H,19,21)(H,20,25)/t13-/m1/s1. The Morgan fingerprint density at radius 2 is 2.00 bits per heavy atom. The second-order valence-corrected chi connectivity index (χ2v) is 8.70. The third-order valence-corrected chi connectivity index (χ3v) is 6.16. The summed E-state index contributed by atoms with van der Waals surface area (Å²) in [7, 11) is 1.86. The fourth-order valence-corrected chi connectivity index (χ4v) is 4.38. The Morgan fingerprint density at radius 1 is 1.26 bits per heavy atom. The first-order valence-electron chi connectivity index (χ1n) is 8.53. The molecule has 142 valence electrons. The molecule has 2 heterocycles. The van der Waals surface area contributed by atoms with Crippen molar-refractivity contribution in [1.29, 1.82) is 0 Å². The predicted molar refractivity (Wildman–Crippen MR) is 110 cm³/mol. The molecule has 0 aliphatic heterocycles. The molecule has 1 aromatic carbocycles. The summed E-state index contributed by atoms with van der Waals surface area (Å²) in [5.41, 5.74) is 3.69. The molecule has 0 spiro atoms. The number of nitrogens with zero attached hydrogens (tertiary/aromatic N) is 4. The molecular formula is C18H22N6OS2. The molecule has 0 saturated carbocycles. The minimum atomic E-state index is -0.293. The number of carbonyl (C=O) groups is 1. The van der Waals surface area contributed by atoms with Crippen LogP contribution in [0.25, 0.3) is 0 Å². The van der Waals surface area contributed by atoms with Gasteiger partial charge in [0.05, 0.1) is 22.3 Å². The van der Waals surface area contributed by atoms with E-state index < -0.39 is 0 Å². The second kappa shape index (κ2) is 8.53. The maximum Gasteiger partial charge on any atom is 0.237 e. The van der Waals surface area contributed by atoms with Crippen molar-refractivity contribution in [3.8, 4) is 0 Å². The molecule has 9 heteroatoms. The summed E-state index contributed by atoms with van der Waals surface area (Å²) in [6.07, 6.45) is 0. The number of carbonyl (C=O) groups excluding carboxylic acids is 1. The molecule has 1 amide bonds. The average Bonchev–Trinajstić information content (AvgIpc) is 3.20. The smallest absolute Gasteiger partial charge is 0.237 e. The Hall–Kier alpha value is -2.39. The van der Waals surface area contributed by atoms with Crippen molar-refractivity contribution in [2.45, 2.75) is 36.9 Å². The zero-order valence-corrected chi connectivity index (χ0v) is 17.3. The summed E-state index contributed by atoms with van der Waals surface area (Å²) in [6.45, 7) is 6.37. The van der Waals surface area contributed by atoms with Crippen LogP contribution in [0.5, 0.6) is 0 Å². The summed E-state index contributed by atoms with van der Waals surface area (Å²) < 4.78 is 2.52. The maximum absolute atomic E-state index is 12.5. The van der Waals surface area contributed by atoms with Gasteiger partial charge in [0.1, 0.15) is 0 Å². The molecule has 27 heavy (non-hydrogen) atoms. The maximum atomic E-state index is 12.5. The lowest BCUT2D eigenvalue weighted by Crippen LogP contribution is -2.23. The third kappa shape index (κ3) is 4.86. The van der Waals surface area contributed by atoms with Gasteiger partial charge in [-0.3, -0.25) is 9.48 Å². The van der Waals surface area contributed by atoms with Crippen LogP contribution in [-0.2, 0) is 18.4 Å². The number of aromatic nitrogens is 4. The molecule has 7 nitrogen and oxygen atoms in total. The summed E-state index contributed by atoms with van der Waals surface area (Å²) >= 11 is 2.85. The Kier molecular flexibility index (Phi) is 6.12. The highest BCUT2D eigenvalue weighted by atomic mass is 32.2. The van der Waals surface area contributed by atoms with Gasteiger partial charge in [-0.25, -0.2) is 0 Å². The highest BCUT2D eigenvalue weighted by molar-refractivity contribution is 8.02. The number of hydrogen-bond acceptors (Lipinski definition) is 7. The van der Waals surface area contributed by atoms with Gasteiger partial charge in [0.2, 0.25) is 11.0 Å². The van der Waals surface area contributed by atoms with Gasteiger partial charge in [-0.1, -0.05) is 53.4 Å². The van der Waals surface area contributed by atoms with E-state index in [1.807, 2.05) is 46.0 Å². The SMILES string of the molecule is Cc1nn(C)c(C)c1NC(=O)[C@@H](C)Sc1nnc(NCc2ccccc2)s1. The molecule has 3 rings (SSSR count). The fourth-order valence-electron chi connectivity index (χ4n) is 2.49. The topological polar surface area (TPSA) is 84.7 Å². The van der Waals surface area contributed by atoms with E-state index in [0.717, 1.165) is 26.5 Å². The number of amides is 1. The number of rotatable bonds is 7. The highest BCUT2D eigenvalue weighted by Crippen LogP contribution is 2.30. The lowest BCUT2D eigenvalue weighted by molar-refractivity contribution is -0.115. The number of benzene rings is 1. The van der Waals surface area contributed by atoms with Crippen LogP contribution in [-0.4, -0.2) is 31.1 Å². The average molecular weight is 403 g/mol. The normalized spacial score (nSPS) is 12.0. The second-order valence-electron chi connectivity index (χ2n) is 6.13. The minimum absolute atomic E-state index is 0.0757. The molecular weight excluding hydrogens is 380 g/mol. The first-order valence-corrected chi connectivity index (χ1v) is 10.2. The molecule has 0 unspecified atom stereocenters. The van der Waals surface area contributed by atoms with Crippen LogP contribution in [0.2, 0.25) is 0 Å². The van der Waals surface area contributed by atoms with E-state index in [2.05, 4.69) is 38.1 Å². The van der Waals surface area contributed by atoms with Crippen LogP contribution >= 0.6 is 23.1 Å². The summed E-state index contributed by atoms with van der Waals surface area (Å²) in [6, 6.07) is 10.1. The first kappa shape index (κ1) is 19.4. The third-order valence-electron chi connectivity index (χ3n) is 4.10. The first-order chi connectivity index (χ1) is 12.9. The van der Waals surface area contributed by atoms with Crippen molar-refractivity contribution < 1.29 is 4.79 Å². The van der Waals surface area contributed by atoms with E-state index in [9.17, 15) is 4.79 Å². The molecule has 0 radical (unpaired) electrons. The van der Waals surface area contributed by atoms with Crippen molar-refractivity contribution in [3.05, 3.63) is 47.3 Å². The molecule has 0 bridgehead atoms. The molecule has 0 saturated heterocycles. The molecule has 2 N–H and O–H groups in total. The van der Waals surface area contributed by atoms with E-state index in [1.165, 1.54) is 28.7 Å². The van der Waals surface area contributed by atoms with E-state index in [4.69, 9.17) is 0 Å². The number of aryl methyl sites for hydroxylation is 2. The van der Waals surface area contributed by atoms with Crippen molar-refractivity contribution in [2.75, 3.05) is 10.6 Å². The van der Waals surface area contributed by atoms with Crippen LogP contribution in [0.4, 0.5) is 10.8 Å². The number of anilines is 2. The van der Waals surface area contributed by atoms with Crippen molar-refractivity contribution in [2.24, 2.45) is 7.05 Å². The van der Waals surface area contributed by atoms with Gasteiger partial charge in [0.25, 0.3) is 0 Å². The predicted octanol–water partition coefficient (Wildman–Crippen LogP) is 3.62. The number of hydrogen-bond donors (Lipinski definition) is 2. The van der Waals surface area contributed by atoms with Crippen LogP contribution < -0.4 is 10.6 Å². The van der Waals surface area contributed by atoms with Gasteiger partial charge < -0.3 is 10.6 Å². The molecule has 0 aliphatic rings. The van der Waals surface area contributed by atoms with Gasteiger partial charge in [-0.2, -0.15) is 5.10 Å². The van der Waals surface area contributed by atoms with Gasteiger partial charge in [-0.15, -0.1) is 10.2 Å². The van der Waals surface area contributed by atoms with E-state index in [-0.39, 0.29) is 11.2 Å². The Balaban J connectivity index is 1.55. The Bertz CT molecular complexity index is 921. The van der Waals surface area contributed by atoms with Gasteiger partial charge in [0.15, 0.2) is 4.34 Å². The number of thioether (sulfide) groups is 1.